The first-order valence-corrected chi connectivity index (χ1v) is 31.9. The molecule has 0 unspecified atom stereocenters. The second-order valence-electron chi connectivity index (χ2n) is 23.7. The number of aromatic nitrogens is 3. The highest BCUT2D eigenvalue weighted by Crippen LogP contribution is 2.49. The zero-order chi connectivity index (χ0) is 62.3. The Kier molecular flexibility index (Phi) is 17.0. The number of fused-ring (bicyclic) bond motifs is 4. The number of nitrogens with zero attached hydrogens (tertiary/aromatic N) is 11. The van der Waals surface area contributed by atoms with E-state index < -0.39 is 29.2 Å². The summed E-state index contributed by atoms with van der Waals surface area (Å²) >= 11 is 7.51. The summed E-state index contributed by atoms with van der Waals surface area (Å²) in [5, 5.41) is 26.2. The number of aromatic carboxylic acids is 1. The van der Waals surface area contributed by atoms with Gasteiger partial charge >= 0.3 is 5.97 Å². The van der Waals surface area contributed by atoms with Crippen LogP contribution < -0.4 is 45.6 Å². The molecule has 20 nitrogen and oxygen atoms in total. The zero-order valence-electron chi connectivity index (χ0n) is 49.9. The van der Waals surface area contributed by atoms with Crippen LogP contribution in [0.15, 0.2) is 78.0 Å². The molecule has 2 aromatic heterocycles. The number of ether oxygens (including phenoxy) is 1. The predicted octanol–water partition coefficient (Wildman–Crippen LogP) is 9.91. The molecule has 8 heterocycles. The Labute approximate surface area is 526 Å². The van der Waals surface area contributed by atoms with E-state index in [-0.39, 0.29) is 54.7 Å². The predicted molar refractivity (Wildman–Crippen MR) is 341 cm³/mol. The number of hydrogen-bond acceptors (Lipinski definition) is 14. The minimum absolute atomic E-state index is 0.0450. The number of aryl methyl sites for hydroxylation is 4. The van der Waals surface area contributed by atoms with Crippen molar-refractivity contribution in [1.29, 1.82) is 0 Å². The van der Waals surface area contributed by atoms with Gasteiger partial charge in [-0.2, -0.15) is 0 Å². The molecule has 7 aromatic rings. The number of carbonyl (C=O) groups excluding carboxylic acids is 3. The molecule has 0 aliphatic carbocycles. The van der Waals surface area contributed by atoms with E-state index in [4.69, 9.17) is 26.9 Å². The van der Waals surface area contributed by atoms with E-state index in [2.05, 4.69) is 62.5 Å². The van der Waals surface area contributed by atoms with Crippen LogP contribution in [-0.4, -0.2) is 126 Å². The third kappa shape index (κ3) is 12.0. The van der Waals surface area contributed by atoms with Crippen molar-refractivity contribution in [3.8, 4) is 11.5 Å². The molecule has 1 fully saturated rings. The van der Waals surface area contributed by atoms with Gasteiger partial charge in [-0.1, -0.05) is 40.2 Å². The number of anilines is 5. The number of carboxylic acids is 1. The average molecular weight is 1260 g/mol. The van der Waals surface area contributed by atoms with E-state index in [1.807, 2.05) is 24.0 Å². The number of amides is 3. The third-order valence-corrected chi connectivity index (χ3v) is 19.1. The van der Waals surface area contributed by atoms with Crippen molar-refractivity contribution in [2.45, 2.75) is 84.6 Å². The molecule has 24 heteroatoms. The lowest BCUT2D eigenvalue weighted by Gasteiger charge is -2.36. The van der Waals surface area contributed by atoms with Crippen LogP contribution in [0.4, 0.5) is 42.6 Å². The van der Waals surface area contributed by atoms with Gasteiger partial charge in [0, 0.05) is 121 Å². The Morgan fingerprint density at radius 3 is 2.41 bits per heavy atom. The molecule has 3 amide bonds. The Balaban J connectivity index is 0.744. The number of benzene rings is 5. The summed E-state index contributed by atoms with van der Waals surface area (Å²) in [5.74, 6) is -1.44. The van der Waals surface area contributed by atoms with Gasteiger partial charge in [0.15, 0.2) is 5.13 Å². The maximum absolute atomic E-state index is 15.3. The summed E-state index contributed by atoms with van der Waals surface area (Å²) in [6.45, 7) is 8.90. The number of thiazole rings is 1. The van der Waals surface area contributed by atoms with Crippen molar-refractivity contribution in [3.05, 3.63) is 177 Å². The third-order valence-electron chi connectivity index (χ3n) is 17.9. The lowest BCUT2D eigenvalue weighted by Crippen LogP contribution is -2.51. The molecule has 462 valence electrons. The highest BCUT2D eigenvalue weighted by atomic mass is 35.5. The van der Waals surface area contributed by atoms with Crippen LogP contribution in [0.25, 0.3) is 16.0 Å². The summed E-state index contributed by atoms with van der Waals surface area (Å²) in [4.78, 5) is 80.3. The first-order valence-electron chi connectivity index (χ1n) is 30.7. The maximum Gasteiger partial charge on any atom is 0.336 e. The van der Waals surface area contributed by atoms with Gasteiger partial charge in [-0.15, -0.1) is 0 Å². The summed E-state index contributed by atoms with van der Waals surface area (Å²) in [6, 6.07) is 18.3. The second-order valence-corrected chi connectivity index (χ2v) is 25.2. The molecule has 0 radical (unpaired) electrons. The van der Waals surface area contributed by atoms with Crippen LogP contribution >= 0.6 is 22.9 Å². The second kappa shape index (κ2) is 25.5. The van der Waals surface area contributed by atoms with Gasteiger partial charge in [-0.3, -0.25) is 19.3 Å². The van der Waals surface area contributed by atoms with E-state index in [0.29, 0.717) is 69.9 Å². The van der Waals surface area contributed by atoms with E-state index in [1.165, 1.54) is 45.4 Å². The number of hydrogen-bond donors (Lipinski definition) is 4. The first-order chi connectivity index (χ1) is 43.7. The lowest BCUT2D eigenvalue weighted by molar-refractivity contribution is -0.133. The van der Waals surface area contributed by atoms with Gasteiger partial charge < -0.3 is 40.5 Å². The fourth-order valence-corrected chi connectivity index (χ4v) is 14.7. The van der Waals surface area contributed by atoms with Gasteiger partial charge in [0.2, 0.25) is 11.3 Å². The van der Waals surface area contributed by atoms with Crippen LogP contribution in [0.2, 0.25) is 5.02 Å². The fraction of sp³-hybridized carbons (Fsp3) is 0.364. The van der Waals surface area contributed by atoms with Gasteiger partial charge in [-0.05, 0) is 142 Å². The standard InChI is InChI=1S/C66H65ClF2N14O6S/c1-37-10-7-15-49(67)57(37)76-64(86)52-34-72-66(90-52)75-53-33-54(74-38(2)73-53)80-26-24-79(25-27-80)36-55(84)83(35-39-28-50(68)58(77-78-70)51(69)29-39)23-18-71-63(85)42-16-17-43(65(87)88)46(32-42)56-47-30-40-11-3-5-19-81-21-8-13-44(59(40)81)61(47)89-62-45-14-9-22-82-20-6-4-12-41(60(45)82)31-48(56)62/h7,10,15-17,28-34H,3-6,8-9,11-14,18-27,35-36H2,1-2H3,(H3-,71,72,73,74,75,76,85,86,87,88)/p+1. The molecule has 6 aliphatic heterocycles. The molecule has 5 aromatic carbocycles. The van der Waals surface area contributed by atoms with Crippen molar-refractivity contribution >= 4 is 86.0 Å². The summed E-state index contributed by atoms with van der Waals surface area (Å²) < 4.78 is 40.3. The highest BCUT2D eigenvalue weighted by molar-refractivity contribution is 7.17. The topological polar surface area (TPSA) is 237 Å². The average Bonchev–Trinajstić information content (AvgIpc) is 0.921. The molecule has 0 saturated carbocycles. The number of azide groups is 1. The minimum Gasteiger partial charge on any atom is -0.478 e. The largest absolute Gasteiger partial charge is 0.478 e. The lowest BCUT2D eigenvalue weighted by atomic mass is 9.82. The van der Waals surface area contributed by atoms with Crippen LogP contribution in [0, 0.1) is 25.5 Å². The van der Waals surface area contributed by atoms with Crippen molar-refractivity contribution in [3.63, 3.8) is 0 Å². The van der Waals surface area contributed by atoms with Crippen molar-refractivity contribution < 1.29 is 37.8 Å². The number of piperazine rings is 1. The van der Waals surface area contributed by atoms with E-state index in [0.717, 1.165) is 158 Å². The van der Waals surface area contributed by atoms with Gasteiger partial charge in [0.25, 0.3) is 11.8 Å². The van der Waals surface area contributed by atoms with Crippen molar-refractivity contribution in [2.75, 3.05) is 92.4 Å². The first kappa shape index (κ1) is 59.9. The SMILES string of the molecule is Cc1nc(Nc2ncc(C(=O)Nc3c(C)cccc3Cl)s2)cc(N2CCN(CC(=O)N(CCNC(=O)c3ccc(C(=O)O)c(C4=c5cc6c7c(c5Oc5c4cc4c8c5CCCN8CCCC4)CCC[N+]=7CCCC6)c3)Cc3cc(F)c(N=[N+]=[N-])c(F)c3)CC2)n1. The van der Waals surface area contributed by atoms with Crippen molar-refractivity contribution in [1.82, 2.24) is 34.6 Å². The van der Waals surface area contributed by atoms with Crippen molar-refractivity contribution in [2.24, 2.45) is 5.11 Å². The quantitative estimate of drug-likeness (QED) is 0.0305. The normalized spacial score (nSPS) is 15.8. The summed E-state index contributed by atoms with van der Waals surface area (Å²) in [5.41, 5.74) is 17.8. The maximum atomic E-state index is 15.3. The Hall–Kier alpha value is -9.02. The van der Waals surface area contributed by atoms with Crippen LogP contribution in [0.1, 0.15) is 119 Å². The van der Waals surface area contributed by atoms with E-state index in [1.54, 1.807) is 25.1 Å². The molecule has 1 saturated heterocycles. The number of nitrogens with one attached hydrogen (secondary N) is 3. The molecule has 0 bridgehead atoms. The van der Waals surface area contributed by atoms with Gasteiger partial charge in [-0.25, -0.2) is 33.1 Å². The molecule has 0 spiro atoms. The van der Waals surface area contributed by atoms with E-state index in [9.17, 15) is 24.3 Å². The van der Waals surface area contributed by atoms with Gasteiger partial charge in [0.05, 0.1) is 34.6 Å². The minimum atomic E-state index is -1.14. The molecular weight excluding hydrogens is 1190 g/mol. The number of rotatable bonds is 16. The number of carboxylic acid groups (broad SMARTS) is 1. The molecule has 4 N–H and O–H groups in total. The summed E-state index contributed by atoms with van der Waals surface area (Å²) in [7, 11) is 0. The number of para-hydroxylation sites is 1. The zero-order valence-corrected chi connectivity index (χ0v) is 51.5. The Morgan fingerprint density at radius 1 is 0.833 bits per heavy atom. The Morgan fingerprint density at radius 2 is 1.61 bits per heavy atom. The molecule has 13 rings (SSSR count). The van der Waals surface area contributed by atoms with Crippen LogP contribution in [0.5, 0.6) is 11.5 Å². The smallest absolute Gasteiger partial charge is 0.336 e. The van der Waals surface area contributed by atoms with Gasteiger partial charge in [0.1, 0.15) is 64.2 Å². The number of carbonyl (C=O) groups is 4. The highest BCUT2D eigenvalue weighted by Gasteiger charge is 2.37. The molecular formula is C66H66ClF2N14O6S+. The molecule has 6 aliphatic rings. The molecule has 0 atom stereocenters. The monoisotopic (exact) mass is 1260 g/mol. The van der Waals surface area contributed by atoms with E-state index >= 15 is 8.78 Å². The van der Waals surface area contributed by atoms with Crippen LogP contribution in [0.3, 0.4) is 0 Å². The fourth-order valence-electron chi connectivity index (χ4n) is 13.7. The van der Waals surface area contributed by atoms with Crippen LogP contribution in [-0.2, 0) is 37.0 Å². The summed E-state index contributed by atoms with van der Waals surface area (Å²) in [6.07, 6.45) is 11.0. The molecule has 90 heavy (non-hydrogen) atoms. The number of halogens is 3. The Bertz CT molecular complexity index is 4260.